The second-order valence-corrected chi connectivity index (χ2v) is 7.11. The zero-order chi connectivity index (χ0) is 19.3. The lowest BCUT2D eigenvalue weighted by molar-refractivity contribution is 0.165. The lowest BCUT2D eigenvalue weighted by Crippen LogP contribution is -2.22. The number of benzene rings is 1. The molecular formula is C21H20N6O. The molecule has 0 aliphatic heterocycles. The molecule has 1 aliphatic carbocycles. The molecule has 3 heterocycles. The summed E-state index contributed by atoms with van der Waals surface area (Å²) in [7, 11) is 1.87. The maximum absolute atomic E-state index is 10.7. The van der Waals surface area contributed by atoms with Crippen molar-refractivity contribution < 1.29 is 5.11 Å². The smallest absolute Gasteiger partial charge is 0.182 e. The fourth-order valence-electron chi connectivity index (χ4n) is 3.95. The minimum Gasteiger partial charge on any atom is -0.390 e. The Hall–Kier alpha value is -3.32. The summed E-state index contributed by atoms with van der Waals surface area (Å²) in [6, 6.07) is 13.5. The van der Waals surface area contributed by atoms with Gasteiger partial charge in [0.25, 0.3) is 0 Å². The molecule has 0 bridgehead atoms. The van der Waals surface area contributed by atoms with Crippen molar-refractivity contribution in [3.63, 3.8) is 0 Å². The fraction of sp³-hybridized carbons (Fsp3) is 0.238. The Balaban J connectivity index is 1.66. The van der Waals surface area contributed by atoms with Crippen molar-refractivity contribution in [2.24, 2.45) is 7.05 Å². The number of fused-ring (bicyclic) bond motifs is 2. The molecule has 7 heteroatoms. The molecule has 7 nitrogen and oxygen atoms in total. The van der Waals surface area contributed by atoms with Crippen molar-refractivity contribution in [2.75, 3.05) is 5.32 Å². The molecule has 1 aliphatic rings. The van der Waals surface area contributed by atoms with Crippen LogP contribution in [-0.2, 0) is 13.5 Å². The molecule has 5 rings (SSSR count). The highest BCUT2D eigenvalue weighted by molar-refractivity contribution is 5.91. The van der Waals surface area contributed by atoms with Gasteiger partial charge in [-0.25, -0.2) is 9.97 Å². The second kappa shape index (κ2) is 6.38. The molecule has 0 fully saturated rings. The average molecular weight is 372 g/mol. The number of aryl methyl sites for hydroxylation is 2. The van der Waals surface area contributed by atoms with Gasteiger partial charge in [-0.1, -0.05) is 30.3 Å². The van der Waals surface area contributed by atoms with Crippen molar-refractivity contribution in [3.8, 4) is 11.5 Å². The Labute approximate surface area is 162 Å². The van der Waals surface area contributed by atoms with Crippen molar-refractivity contribution >= 4 is 16.9 Å². The van der Waals surface area contributed by atoms with Crippen LogP contribution >= 0.6 is 0 Å². The van der Waals surface area contributed by atoms with Gasteiger partial charge in [0.05, 0.1) is 23.2 Å². The molecule has 140 valence electrons. The number of pyridine rings is 1. The highest BCUT2D eigenvalue weighted by Crippen LogP contribution is 2.36. The maximum atomic E-state index is 10.7. The summed E-state index contributed by atoms with van der Waals surface area (Å²) < 4.78 is 1.75. The Bertz CT molecular complexity index is 1170. The number of rotatable bonds is 3. The monoisotopic (exact) mass is 372 g/mol. The zero-order valence-electron chi connectivity index (χ0n) is 15.7. The van der Waals surface area contributed by atoms with Gasteiger partial charge in [-0.2, -0.15) is 5.10 Å². The van der Waals surface area contributed by atoms with E-state index in [0.717, 1.165) is 27.9 Å². The lowest BCUT2D eigenvalue weighted by atomic mass is 10.1. The van der Waals surface area contributed by atoms with Gasteiger partial charge in [0.15, 0.2) is 11.5 Å². The Kier molecular flexibility index (Phi) is 3.84. The van der Waals surface area contributed by atoms with Crippen LogP contribution in [0.15, 0.2) is 48.7 Å². The van der Waals surface area contributed by atoms with E-state index in [4.69, 9.17) is 4.98 Å². The van der Waals surface area contributed by atoms with Gasteiger partial charge in [-0.3, -0.25) is 9.67 Å². The van der Waals surface area contributed by atoms with Crippen LogP contribution in [0.4, 0.5) is 5.82 Å². The van der Waals surface area contributed by atoms with E-state index in [2.05, 4.69) is 32.5 Å². The summed E-state index contributed by atoms with van der Waals surface area (Å²) in [6.07, 6.45) is 1.83. The van der Waals surface area contributed by atoms with E-state index in [1.807, 2.05) is 44.3 Å². The average Bonchev–Trinajstić information content (AvgIpc) is 3.18. The highest BCUT2D eigenvalue weighted by atomic mass is 16.3. The first-order chi connectivity index (χ1) is 13.6. The minimum absolute atomic E-state index is 0.231. The lowest BCUT2D eigenvalue weighted by Gasteiger charge is -2.19. The van der Waals surface area contributed by atoms with Crippen molar-refractivity contribution in [1.82, 2.24) is 24.7 Å². The molecule has 2 atom stereocenters. The van der Waals surface area contributed by atoms with Crippen LogP contribution in [0.25, 0.3) is 22.6 Å². The molecule has 3 aromatic heterocycles. The molecule has 0 amide bonds. The SMILES string of the molecule is Cc1nn(C)c2nc(-c3ccccn3)nc(N[C@@H]3c4ccccc4C[C@@H]3O)c12. The number of anilines is 1. The molecular weight excluding hydrogens is 352 g/mol. The van der Waals surface area contributed by atoms with Crippen molar-refractivity contribution in [2.45, 2.75) is 25.5 Å². The fourth-order valence-corrected chi connectivity index (χ4v) is 3.95. The molecule has 0 spiro atoms. The van der Waals surface area contributed by atoms with Gasteiger partial charge >= 0.3 is 0 Å². The number of aromatic nitrogens is 5. The summed E-state index contributed by atoms with van der Waals surface area (Å²) in [5.74, 6) is 1.19. The molecule has 28 heavy (non-hydrogen) atoms. The third kappa shape index (κ3) is 2.63. The quantitative estimate of drug-likeness (QED) is 0.575. The topological polar surface area (TPSA) is 88.8 Å². The predicted octanol–water partition coefficient (Wildman–Crippen LogP) is 2.80. The van der Waals surface area contributed by atoms with Crippen molar-refractivity contribution in [1.29, 1.82) is 0 Å². The first-order valence-corrected chi connectivity index (χ1v) is 9.27. The van der Waals surface area contributed by atoms with E-state index in [1.165, 1.54) is 0 Å². The number of hydrogen-bond donors (Lipinski definition) is 2. The van der Waals surface area contributed by atoms with Crippen LogP contribution in [0.3, 0.4) is 0 Å². The Morgan fingerprint density at radius 3 is 2.75 bits per heavy atom. The maximum Gasteiger partial charge on any atom is 0.182 e. The third-order valence-electron chi connectivity index (χ3n) is 5.25. The number of aliphatic hydroxyl groups excluding tert-OH is 1. The number of hydrogen-bond acceptors (Lipinski definition) is 6. The number of nitrogens with zero attached hydrogens (tertiary/aromatic N) is 5. The first-order valence-electron chi connectivity index (χ1n) is 9.27. The van der Waals surface area contributed by atoms with Gasteiger partial charge in [-0.15, -0.1) is 0 Å². The van der Waals surface area contributed by atoms with Gasteiger partial charge in [0.1, 0.15) is 11.5 Å². The van der Waals surface area contributed by atoms with Crippen LogP contribution in [0.1, 0.15) is 22.9 Å². The summed E-state index contributed by atoms with van der Waals surface area (Å²) >= 11 is 0. The molecule has 0 saturated carbocycles. The standard InChI is InChI=1S/C21H20N6O/c1-12-17-20(23-18-14-8-4-3-7-13(14)11-16(18)28)24-19(15-9-5-6-10-22-15)25-21(17)27(2)26-12/h3-10,16,18,28H,11H2,1-2H3,(H,23,24,25)/t16-,18+/m0/s1. The van der Waals surface area contributed by atoms with Crippen LogP contribution in [0.5, 0.6) is 0 Å². The predicted molar refractivity (Wildman–Crippen MR) is 107 cm³/mol. The van der Waals surface area contributed by atoms with Gasteiger partial charge in [0, 0.05) is 19.7 Å². The van der Waals surface area contributed by atoms with Gasteiger partial charge in [0.2, 0.25) is 0 Å². The van der Waals surface area contributed by atoms with E-state index >= 15 is 0 Å². The molecule has 0 unspecified atom stereocenters. The molecule has 2 N–H and O–H groups in total. The molecule has 0 saturated heterocycles. The Morgan fingerprint density at radius 1 is 1.11 bits per heavy atom. The summed E-state index contributed by atoms with van der Waals surface area (Å²) in [6.45, 7) is 1.94. The minimum atomic E-state index is -0.516. The van der Waals surface area contributed by atoms with Crippen LogP contribution in [0, 0.1) is 6.92 Å². The molecule has 4 aromatic rings. The number of aliphatic hydroxyl groups is 1. The van der Waals surface area contributed by atoms with E-state index in [-0.39, 0.29) is 6.04 Å². The summed E-state index contributed by atoms with van der Waals surface area (Å²) in [4.78, 5) is 13.8. The van der Waals surface area contributed by atoms with Crippen LogP contribution < -0.4 is 5.32 Å². The highest BCUT2D eigenvalue weighted by Gasteiger charge is 2.32. The molecule has 0 radical (unpaired) electrons. The molecule has 1 aromatic carbocycles. The van der Waals surface area contributed by atoms with Gasteiger partial charge < -0.3 is 10.4 Å². The van der Waals surface area contributed by atoms with E-state index in [9.17, 15) is 5.11 Å². The Morgan fingerprint density at radius 2 is 1.93 bits per heavy atom. The van der Waals surface area contributed by atoms with Crippen LogP contribution in [0.2, 0.25) is 0 Å². The number of nitrogens with one attached hydrogen (secondary N) is 1. The largest absolute Gasteiger partial charge is 0.390 e. The van der Waals surface area contributed by atoms with Gasteiger partial charge in [-0.05, 0) is 30.2 Å². The van der Waals surface area contributed by atoms with Crippen molar-refractivity contribution in [3.05, 3.63) is 65.5 Å². The first kappa shape index (κ1) is 16.8. The van der Waals surface area contributed by atoms with Crippen LogP contribution in [-0.4, -0.2) is 35.9 Å². The summed E-state index contributed by atoms with van der Waals surface area (Å²) in [5.41, 5.74) is 4.52. The second-order valence-electron chi connectivity index (χ2n) is 7.11. The summed E-state index contributed by atoms with van der Waals surface area (Å²) in [5, 5.41) is 19.5. The van der Waals surface area contributed by atoms with E-state index in [0.29, 0.717) is 23.8 Å². The normalized spacial score (nSPS) is 18.4. The van der Waals surface area contributed by atoms with E-state index < -0.39 is 6.10 Å². The zero-order valence-corrected chi connectivity index (χ0v) is 15.7. The third-order valence-corrected chi connectivity index (χ3v) is 5.25. The van der Waals surface area contributed by atoms with E-state index in [1.54, 1.807) is 10.9 Å².